The Balaban J connectivity index is 2.07. The molecule has 22 heavy (non-hydrogen) atoms. The molecule has 0 radical (unpaired) electrons. The van der Waals surface area contributed by atoms with E-state index in [4.69, 9.17) is 9.84 Å². The molecule has 0 fully saturated rings. The summed E-state index contributed by atoms with van der Waals surface area (Å²) in [6, 6.07) is 11.1. The van der Waals surface area contributed by atoms with Gasteiger partial charge in [-0.15, -0.1) is 0 Å². The normalized spacial score (nSPS) is 10.0. The van der Waals surface area contributed by atoms with Gasteiger partial charge in [0.1, 0.15) is 11.3 Å². The van der Waals surface area contributed by atoms with E-state index >= 15 is 0 Å². The Morgan fingerprint density at radius 1 is 1.09 bits per heavy atom. The molecule has 0 unspecified atom stereocenters. The Kier molecular flexibility index (Phi) is 4.47. The van der Waals surface area contributed by atoms with Crippen LogP contribution in [-0.2, 0) is 0 Å². The fourth-order valence-electron chi connectivity index (χ4n) is 1.76. The minimum absolute atomic E-state index is 0.0426. The van der Waals surface area contributed by atoms with E-state index < -0.39 is 16.7 Å². The zero-order chi connectivity index (χ0) is 16.1. The van der Waals surface area contributed by atoms with Crippen molar-refractivity contribution >= 4 is 17.4 Å². The molecule has 0 aromatic heterocycles. The van der Waals surface area contributed by atoms with Crippen LogP contribution in [0.1, 0.15) is 20.7 Å². The first-order valence-corrected chi connectivity index (χ1v) is 6.22. The number of hydrogen-bond acceptors (Lipinski definition) is 5. The molecule has 7 heteroatoms. The average molecular weight is 301 g/mol. The van der Waals surface area contributed by atoms with Crippen LogP contribution >= 0.6 is 0 Å². The summed E-state index contributed by atoms with van der Waals surface area (Å²) >= 11 is 0. The van der Waals surface area contributed by atoms with Crippen LogP contribution in [0.15, 0.2) is 48.5 Å². The molecule has 0 atom stereocenters. The number of non-ortho nitro benzene ring substituents is 1. The van der Waals surface area contributed by atoms with Gasteiger partial charge in [0, 0.05) is 17.7 Å². The summed E-state index contributed by atoms with van der Waals surface area (Å²) in [5, 5.41) is 19.5. The van der Waals surface area contributed by atoms with E-state index in [0.29, 0.717) is 0 Å². The quantitative estimate of drug-likeness (QED) is 0.499. The number of carbonyl (C=O) groups is 2. The minimum atomic E-state index is -1.15. The van der Waals surface area contributed by atoms with E-state index in [0.717, 1.165) is 0 Å². The number of ketones is 1. The number of aromatic carboxylic acids is 1. The van der Waals surface area contributed by atoms with Gasteiger partial charge in [0.25, 0.3) is 5.69 Å². The van der Waals surface area contributed by atoms with Crippen LogP contribution in [0.4, 0.5) is 5.69 Å². The monoisotopic (exact) mass is 301 g/mol. The molecule has 0 amide bonds. The van der Waals surface area contributed by atoms with Crippen molar-refractivity contribution in [2.45, 2.75) is 0 Å². The van der Waals surface area contributed by atoms with Crippen LogP contribution in [0.3, 0.4) is 0 Å². The highest BCUT2D eigenvalue weighted by atomic mass is 16.6. The Morgan fingerprint density at radius 3 is 2.32 bits per heavy atom. The highest BCUT2D eigenvalue weighted by Crippen LogP contribution is 2.18. The van der Waals surface area contributed by atoms with Crippen molar-refractivity contribution in [3.63, 3.8) is 0 Å². The number of carboxylic acid groups (broad SMARTS) is 1. The molecular weight excluding hydrogens is 290 g/mol. The van der Waals surface area contributed by atoms with Crippen LogP contribution < -0.4 is 4.74 Å². The SMILES string of the molecule is O=C(COc1ccccc1C(=O)O)c1ccc([N+](=O)[O-])cc1. The Morgan fingerprint density at radius 2 is 1.73 bits per heavy atom. The second kappa shape index (κ2) is 6.49. The molecule has 0 saturated heterocycles. The fourth-order valence-corrected chi connectivity index (χ4v) is 1.76. The van der Waals surface area contributed by atoms with Crippen molar-refractivity contribution in [1.82, 2.24) is 0 Å². The number of nitro benzene ring substituents is 1. The standard InChI is InChI=1S/C15H11NO6/c17-13(10-5-7-11(8-6-10)16(20)21)9-22-14-4-2-1-3-12(14)15(18)19/h1-8H,9H2,(H,18,19). The molecule has 0 heterocycles. The smallest absolute Gasteiger partial charge is 0.339 e. The molecule has 112 valence electrons. The zero-order valence-corrected chi connectivity index (χ0v) is 11.3. The lowest BCUT2D eigenvalue weighted by atomic mass is 10.1. The van der Waals surface area contributed by atoms with Crippen molar-refractivity contribution in [1.29, 1.82) is 0 Å². The van der Waals surface area contributed by atoms with Crippen molar-refractivity contribution in [3.05, 3.63) is 69.8 Å². The lowest BCUT2D eigenvalue weighted by Crippen LogP contribution is -2.13. The number of carbonyl (C=O) groups excluding carboxylic acids is 1. The minimum Gasteiger partial charge on any atom is -0.485 e. The molecule has 0 aliphatic rings. The Labute approximate surface area is 124 Å². The van der Waals surface area contributed by atoms with Crippen molar-refractivity contribution in [3.8, 4) is 5.75 Å². The largest absolute Gasteiger partial charge is 0.485 e. The van der Waals surface area contributed by atoms with Gasteiger partial charge in [-0.05, 0) is 24.3 Å². The molecule has 2 rings (SSSR count). The summed E-state index contributed by atoms with van der Waals surface area (Å²) in [5.41, 5.74) is 0.0890. The number of carboxylic acids is 1. The maximum Gasteiger partial charge on any atom is 0.339 e. The second-order valence-corrected chi connectivity index (χ2v) is 4.32. The summed E-state index contributed by atoms with van der Waals surface area (Å²) in [4.78, 5) is 32.9. The van der Waals surface area contributed by atoms with E-state index in [1.807, 2.05) is 0 Å². The molecule has 2 aromatic rings. The topological polar surface area (TPSA) is 107 Å². The van der Waals surface area contributed by atoms with Gasteiger partial charge >= 0.3 is 5.97 Å². The van der Waals surface area contributed by atoms with E-state index in [1.54, 1.807) is 12.1 Å². The molecule has 1 N–H and O–H groups in total. The van der Waals surface area contributed by atoms with Crippen LogP contribution in [0.25, 0.3) is 0 Å². The van der Waals surface area contributed by atoms with Gasteiger partial charge in [-0.25, -0.2) is 4.79 Å². The number of hydrogen-bond donors (Lipinski definition) is 1. The lowest BCUT2D eigenvalue weighted by Gasteiger charge is -2.08. The van der Waals surface area contributed by atoms with Gasteiger partial charge < -0.3 is 9.84 Å². The van der Waals surface area contributed by atoms with E-state index in [-0.39, 0.29) is 29.2 Å². The lowest BCUT2D eigenvalue weighted by molar-refractivity contribution is -0.384. The summed E-state index contributed by atoms with van der Waals surface area (Å²) in [6.45, 7) is -0.359. The predicted octanol–water partition coefficient (Wildman–Crippen LogP) is 2.55. The first-order chi connectivity index (χ1) is 10.5. The van der Waals surface area contributed by atoms with Crippen LogP contribution in [0.5, 0.6) is 5.75 Å². The van der Waals surface area contributed by atoms with Crippen LogP contribution in [0, 0.1) is 10.1 Å². The molecule has 7 nitrogen and oxygen atoms in total. The van der Waals surface area contributed by atoms with Gasteiger partial charge in [0.15, 0.2) is 12.4 Å². The first-order valence-electron chi connectivity index (χ1n) is 6.22. The third-order valence-electron chi connectivity index (χ3n) is 2.88. The molecule has 0 saturated carbocycles. The van der Waals surface area contributed by atoms with Crippen molar-refractivity contribution in [2.75, 3.05) is 6.61 Å². The van der Waals surface area contributed by atoms with Gasteiger partial charge in [-0.1, -0.05) is 12.1 Å². The highest BCUT2D eigenvalue weighted by molar-refractivity contribution is 5.97. The third kappa shape index (κ3) is 3.45. The van der Waals surface area contributed by atoms with E-state index in [9.17, 15) is 19.7 Å². The first kappa shape index (κ1) is 15.2. The fraction of sp³-hybridized carbons (Fsp3) is 0.0667. The van der Waals surface area contributed by atoms with Crippen LogP contribution in [-0.4, -0.2) is 28.4 Å². The molecule has 0 bridgehead atoms. The molecule has 0 aliphatic heterocycles. The van der Waals surface area contributed by atoms with E-state index in [2.05, 4.69) is 0 Å². The van der Waals surface area contributed by atoms with E-state index in [1.165, 1.54) is 36.4 Å². The maximum atomic E-state index is 11.9. The summed E-state index contributed by atoms with van der Waals surface area (Å²) in [7, 11) is 0. The number of rotatable bonds is 6. The molecule has 0 spiro atoms. The number of benzene rings is 2. The summed E-state index contributed by atoms with van der Waals surface area (Å²) in [5.74, 6) is -1.47. The zero-order valence-electron chi connectivity index (χ0n) is 11.3. The molecular formula is C15H11NO6. The van der Waals surface area contributed by atoms with Gasteiger partial charge in [-0.2, -0.15) is 0 Å². The van der Waals surface area contributed by atoms with Crippen LogP contribution in [0.2, 0.25) is 0 Å². The average Bonchev–Trinajstić information content (AvgIpc) is 2.52. The van der Waals surface area contributed by atoms with Gasteiger partial charge in [0.05, 0.1) is 4.92 Å². The Bertz CT molecular complexity index is 723. The van der Waals surface area contributed by atoms with Crippen molar-refractivity contribution in [2.24, 2.45) is 0 Å². The highest BCUT2D eigenvalue weighted by Gasteiger charge is 2.13. The summed E-state index contributed by atoms with van der Waals surface area (Å²) < 4.78 is 5.23. The Hall–Kier alpha value is -3.22. The van der Waals surface area contributed by atoms with Gasteiger partial charge in [-0.3, -0.25) is 14.9 Å². The number of para-hydroxylation sites is 1. The molecule has 0 aliphatic carbocycles. The number of nitro groups is 1. The third-order valence-corrected chi connectivity index (χ3v) is 2.88. The number of nitrogens with zero attached hydrogens (tertiary/aromatic N) is 1. The second-order valence-electron chi connectivity index (χ2n) is 4.32. The maximum absolute atomic E-state index is 11.9. The predicted molar refractivity (Wildman–Crippen MR) is 76.3 cm³/mol. The number of ether oxygens (including phenoxy) is 1. The molecule has 2 aromatic carbocycles. The summed E-state index contributed by atoms with van der Waals surface area (Å²) in [6.07, 6.45) is 0. The number of Topliss-reactive ketones (excluding diaryl/α,β-unsaturated/α-hetero) is 1. The van der Waals surface area contributed by atoms with Gasteiger partial charge in [0.2, 0.25) is 0 Å². The van der Waals surface area contributed by atoms with Crippen molar-refractivity contribution < 1.29 is 24.4 Å².